The number of Topliss-reactive ketones (excluding diaryl/α,β-unsaturated/α-hetero) is 2. The van der Waals surface area contributed by atoms with Crippen molar-refractivity contribution in [1.82, 2.24) is 9.78 Å². The Morgan fingerprint density at radius 2 is 1.29 bits per heavy atom. The molecule has 0 N–H and O–H groups in total. The van der Waals surface area contributed by atoms with E-state index in [0.29, 0.717) is 33.5 Å². The average molecular weight is 569 g/mol. The van der Waals surface area contributed by atoms with Crippen molar-refractivity contribution in [2.24, 2.45) is 0 Å². The van der Waals surface area contributed by atoms with E-state index in [2.05, 4.69) is 5.10 Å². The normalized spacial score (nSPS) is 11.3. The summed E-state index contributed by atoms with van der Waals surface area (Å²) in [6, 6.07) is 29.2. The van der Waals surface area contributed by atoms with Crippen molar-refractivity contribution in [2.75, 3.05) is 12.9 Å². The summed E-state index contributed by atoms with van der Waals surface area (Å²) >= 11 is 0. The minimum absolute atomic E-state index is 0.0731. The Kier molecular flexibility index (Phi) is 7.89. The van der Waals surface area contributed by atoms with Gasteiger partial charge < -0.3 is 4.74 Å². The maximum Gasteiger partial charge on any atom is 0.241 e. The van der Waals surface area contributed by atoms with Gasteiger partial charge in [-0.1, -0.05) is 84.9 Å². The van der Waals surface area contributed by atoms with Crippen molar-refractivity contribution >= 4 is 21.4 Å². The van der Waals surface area contributed by atoms with Crippen LogP contribution in [0.4, 0.5) is 4.39 Å². The first-order valence-corrected chi connectivity index (χ1v) is 14.6. The van der Waals surface area contributed by atoms with Crippen LogP contribution in [0.1, 0.15) is 20.7 Å². The number of halogens is 1. The van der Waals surface area contributed by atoms with Gasteiger partial charge >= 0.3 is 0 Å². The second-order valence-electron chi connectivity index (χ2n) is 9.36. The summed E-state index contributed by atoms with van der Waals surface area (Å²) in [6.07, 6.45) is 1.12. The molecule has 0 amide bonds. The molecule has 0 aliphatic rings. The van der Waals surface area contributed by atoms with Gasteiger partial charge in [-0.15, -0.1) is 5.10 Å². The lowest BCUT2D eigenvalue weighted by Gasteiger charge is -2.11. The number of ketones is 2. The van der Waals surface area contributed by atoms with Gasteiger partial charge in [0.2, 0.25) is 5.88 Å². The molecule has 5 rings (SSSR count). The number of carbonyl (C=O) groups is 2. The monoisotopic (exact) mass is 568 g/mol. The van der Waals surface area contributed by atoms with Crippen LogP contribution in [0.3, 0.4) is 0 Å². The zero-order valence-electron chi connectivity index (χ0n) is 22.0. The summed E-state index contributed by atoms with van der Waals surface area (Å²) < 4.78 is 45.5. The third-order valence-corrected chi connectivity index (χ3v) is 7.56. The van der Waals surface area contributed by atoms with Crippen molar-refractivity contribution in [3.63, 3.8) is 0 Å². The second-order valence-corrected chi connectivity index (χ2v) is 11.4. The molecule has 4 aromatic carbocycles. The maximum absolute atomic E-state index is 13.9. The zero-order chi connectivity index (χ0) is 29.0. The number of rotatable bonds is 10. The highest BCUT2D eigenvalue weighted by Crippen LogP contribution is 2.40. The first-order valence-electron chi connectivity index (χ1n) is 12.7. The van der Waals surface area contributed by atoms with Crippen molar-refractivity contribution in [1.29, 1.82) is 0 Å². The minimum atomic E-state index is -3.45. The van der Waals surface area contributed by atoms with Gasteiger partial charge in [0, 0.05) is 22.9 Å². The summed E-state index contributed by atoms with van der Waals surface area (Å²) in [4.78, 5) is 26.2. The van der Waals surface area contributed by atoms with Crippen LogP contribution in [0, 0.1) is 5.82 Å². The first kappa shape index (κ1) is 27.7. The highest BCUT2D eigenvalue weighted by molar-refractivity contribution is 7.90. The fourth-order valence-corrected chi connectivity index (χ4v) is 5.01. The Bertz CT molecular complexity index is 1800. The topological polar surface area (TPSA) is 95.3 Å². The minimum Gasteiger partial charge on any atom is -0.468 e. The number of nitrogens with zero attached hydrogens (tertiary/aromatic N) is 2. The van der Waals surface area contributed by atoms with Gasteiger partial charge in [0.1, 0.15) is 12.4 Å². The fourth-order valence-electron chi connectivity index (χ4n) is 4.38. The van der Waals surface area contributed by atoms with Crippen LogP contribution in [-0.2, 0) is 16.4 Å². The maximum atomic E-state index is 13.9. The quantitative estimate of drug-likeness (QED) is 0.195. The lowest BCUT2D eigenvalue weighted by molar-refractivity contribution is 0.0913. The number of aromatic nitrogens is 2. The van der Waals surface area contributed by atoms with Gasteiger partial charge in [0.25, 0.3) is 0 Å². The number of sulfone groups is 1. The molecule has 0 fully saturated rings. The van der Waals surface area contributed by atoms with Crippen LogP contribution in [0.25, 0.3) is 22.4 Å². The van der Waals surface area contributed by atoms with Gasteiger partial charge in [0.15, 0.2) is 28.0 Å². The molecule has 1 aromatic heterocycles. The Morgan fingerprint density at radius 1 is 0.756 bits per heavy atom. The molecule has 1 heterocycles. The van der Waals surface area contributed by atoms with E-state index < -0.39 is 15.7 Å². The molecular weight excluding hydrogens is 543 g/mol. The van der Waals surface area contributed by atoms with E-state index in [1.807, 2.05) is 6.07 Å². The predicted octanol–water partition coefficient (Wildman–Crippen LogP) is 5.90. The van der Waals surface area contributed by atoms with E-state index in [0.717, 1.165) is 6.26 Å². The molecule has 0 unspecified atom stereocenters. The van der Waals surface area contributed by atoms with Crippen molar-refractivity contribution in [2.45, 2.75) is 11.4 Å². The lowest BCUT2D eigenvalue weighted by atomic mass is 10.0. The summed E-state index contributed by atoms with van der Waals surface area (Å²) in [5, 5.41) is 4.60. The fraction of sp³-hybridized carbons (Fsp3) is 0.0938. The number of ether oxygens (including phenoxy) is 1. The van der Waals surface area contributed by atoms with Crippen LogP contribution in [0.15, 0.2) is 114 Å². The smallest absolute Gasteiger partial charge is 0.241 e. The van der Waals surface area contributed by atoms with Crippen LogP contribution in [-0.4, -0.2) is 42.6 Å². The average Bonchev–Trinajstić information content (AvgIpc) is 3.34. The van der Waals surface area contributed by atoms with E-state index >= 15 is 0 Å². The van der Waals surface area contributed by atoms with E-state index in [1.54, 1.807) is 78.9 Å². The highest BCUT2D eigenvalue weighted by atomic mass is 32.2. The van der Waals surface area contributed by atoms with Gasteiger partial charge in [-0.2, -0.15) is 0 Å². The first-order chi connectivity index (χ1) is 19.7. The van der Waals surface area contributed by atoms with Crippen LogP contribution >= 0.6 is 0 Å². The lowest BCUT2D eigenvalue weighted by Crippen LogP contribution is -2.14. The number of carbonyl (C=O) groups excluding carboxylic acids is 2. The second kappa shape index (κ2) is 11.7. The van der Waals surface area contributed by atoms with Gasteiger partial charge in [0.05, 0.1) is 16.2 Å². The third-order valence-electron chi connectivity index (χ3n) is 6.43. The Balaban J connectivity index is 1.64. The number of benzene rings is 4. The molecule has 0 aliphatic heterocycles. The molecule has 9 heteroatoms. The highest BCUT2D eigenvalue weighted by Gasteiger charge is 2.25. The molecule has 0 atom stereocenters. The molecule has 0 saturated heterocycles. The molecule has 0 spiro atoms. The van der Waals surface area contributed by atoms with E-state index in [1.165, 1.54) is 28.9 Å². The van der Waals surface area contributed by atoms with Crippen LogP contribution in [0.2, 0.25) is 0 Å². The Morgan fingerprint density at radius 3 is 1.85 bits per heavy atom. The Hall–Kier alpha value is -4.89. The van der Waals surface area contributed by atoms with Gasteiger partial charge in [-0.05, 0) is 29.8 Å². The van der Waals surface area contributed by atoms with E-state index in [-0.39, 0.29) is 35.5 Å². The summed E-state index contributed by atoms with van der Waals surface area (Å²) in [5.41, 5.74) is 2.91. The molecule has 0 saturated carbocycles. The molecular formula is C32H25FN2O5S. The van der Waals surface area contributed by atoms with Crippen molar-refractivity contribution in [3.8, 4) is 28.3 Å². The molecule has 7 nitrogen and oxygen atoms in total. The SMILES string of the molecule is CS(=O)(=O)c1ccc(-c2c(-c3ccc(F)cc3)c(OCC(=O)c3ccccc3)nn2CC(=O)c2ccccc2)cc1. The standard InChI is InChI=1S/C32H25FN2O5S/c1-41(38,39)27-18-14-25(15-19-27)31-30(24-12-16-26(33)17-13-24)32(40-21-29(37)23-10-6-3-7-11-23)34-35(31)20-28(36)22-8-4-2-5-9-22/h2-19H,20-21H2,1H3. The number of hydrogen-bond acceptors (Lipinski definition) is 6. The zero-order valence-corrected chi connectivity index (χ0v) is 22.8. The molecule has 0 bridgehead atoms. The molecule has 41 heavy (non-hydrogen) atoms. The Labute approximate surface area is 236 Å². The van der Waals surface area contributed by atoms with Crippen molar-refractivity contribution < 1.29 is 27.1 Å². The van der Waals surface area contributed by atoms with E-state index in [4.69, 9.17) is 4.74 Å². The van der Waals surface area contributed by atoms with Crippen LogP contribution in [0.5, 0.6) is 5.88 Å². The van der Waals surface area contributed by atoms with E-state index in [9.17, 15) is 22.4 Å². The largest absolute Gasteiger partial charge is 0.468 e. The predicted molar refractivity (Wildman–Crippen MR) is 153 cm³/mol. The summed E-state index contributed by atoms with van der Waals surface area (Å²) in [6.45, 7) is -0.494. The van der Waals surface area contributed by atoms with Crippen molar-refractivity contribution in [3.05, 3.63) is 126 Å². The molecule has 5 aromatic rings. The number of hydrogen-bond donors (Lipinski definition) is 0. The molecule has 0 radical (unpaired) electrons. The summed E-state index contributed by atoms with van der Waals surface area (Å²) in [7, 11) is -3.45. The van der Waals surface area contributed by atoms with Gasteiger partial charge in [-0.25, -0.2) is 12.8 Å². The molecule has 206 valence electrons. The van der Waals surface area contributed by atoms with Crippen LogP contribution < -0.4 is 4.74 Å². The molecule has 0 aliphatic carbocycles. The summed E-state index contributed by atoms with van der Waals surface area (Å²) in [5.74, 6) is -0.866. The third kappa shape index (κ3) is 6.31. The van der Waals surface area contributed by atoms with Gasteiger partial charge in [-0.3, -0.25) is 14.3 Å².